The van der Waals surface area contributed by atoms with E-state index in [0.717, 1.165) is 32.1 Å². The third-order valence-electron chi connectivity index (χ3n) is 11.8. The fourth-order valence-electron chi connectivity index (χ4n) is 7.90. The summed E-state index contributed by atoms with van der Waals surface area (Å²) in [5.74, 6) is -0.0760. The van der Waals surface area contributed by atoms with Crippen LogP contribution in [0.15, 0.2) is 36.5 Å². The Kier molecular flexibility index (Phi) is 47.8. The molecular weight excluding hydrogens is 699 g/mol. The number of allylic oxidation sites excluding steroid dienone is 5. The van der Waals surface area contributed by atoms with Gasteiger partial charge in [-0.25, -0.2) is 0 Å². The molecule has 0 aliphatic rings. The minimum absolute atomic E-state index is 0.0760. The van der Waals surface area contributed by atoms with Gasteiger partial charge in [-0.3, -0.25) is 4.79 Å². The van der Waals surface area contributed by atoms with E-state index in [0.29, 0.717) is 6.42 Å². The number of unbranched alkanes of at least 4 members (excludes halogenated alkanes) is 36. The number of carbonyl (C=O) groups excluding carboxylic acids is 1. The molecule has 0 radical (unpaired) electrons. The number of nitrogens with one attached hydrogen (secondary N) is 1. The first kappa shape index (κ1) is 55.6. The molecule has 336 valence electrons. The molecule has 57 heavy (non-hydrogen) atoms. The van der Waals surface area contributed by atoms with E-state index in [1.165, 1.54) is 225 Å². The number of amides is 1. The zero-order chi connectivity index (χ0) is 41.4. The third kappa shape index (κ3) is 45.5. The van der Waals surface area contributed by atoms with Crippen LogP contribution in [0, 0.1) is 0 Å². The summed E-state index contributed by atoms with van der Waals surface area (Å²) in [5, 5.41) is 23.1. The number of carbonyl (C=O) groups is 1. The molecule has 0 aromatic rings. The average Bonchev–Trinajstić information content (AvgIpc) is 3.22. The van der Waals surface area contributed by atoms with E-state index in [4.69, 9.17) is 0 Å². The molecular formula is C53H101NO3. The van der Waals surface area contributed by atoms with Crippen LogP contribution < -0.4 is 5.32 Å². The molecule has 1 amide bonds. The summed E-state index contributed by atoms with van der Waals surface area (Å²) in [6, 6.07) is -0.641. The van der Waals surface area contributed by atoms with Gasteiger partial charge < -0.3 is 15.5 Å². The lowest BCUT2D eigenvalue weighted by molar-refractivity contribution is -0.123. The van der Waals surface area contributed by atoms with E-state index in [9.17, 15) is 15.0 Å². The van der Waals surface area contributed by atoms with Crippen LogP contribution in [0.3, 0.4) is 0 Å². The maximum absolute atomic E-state index is 12.4. The second kappa shape index (κ2) is 49.0. The number of aliphatic hydroxyl groups excluding tert-OH is 2. The molecule has 0 aromatic heterocycles. The highest BCUT2D eigenvalue weighted by atomic mass is 16.3. The van der Waals surface area contributed by atoms with Crippen molar-refractivity contribution in [2.45, 2.75) is 289 Å². The minimum atomic E-state index is -0.864. The quantitative estimate of drug-likeness (QED) is 0.0424. The monoisotopic (exact) mass is 800 g/mol. The molecule has 0 aliphatic carbocycles. The maximum atomic E-state index is 12.4. The van der Waals surface area contributed by atoms with Crippen molar-refractivity contribution < 1.29 is 15.0 Å². The zero-order valence-corrected chi connectivity index (χ0v) is 38.6. The van der Waals surface area contributed by atoms with Crippen LogP contribution in [-0.4, -0.2) is 34.9 Å². The van der Waals surface area contributed by atoms with E-state index in [-0.39, 0.29) is 12.5 Å². The molecule has 0 aromatic carbocycles. The van der Waals surface area contributed by atoms with E-state index in [1.807, 2.05) is 6.08 Å². The van der Waals surface area contributed by atoms with Crippen LogP contribution >= 0.6 is 0 Å². The normalized spacial score (nSPS) is 13.1. The van der Waals surface area contributed by atoms with Crippen molar-refractivity contribution in [3.63, 3.8) is 0 Å². The molecule has 4 nitrogen and oxygen atoms in total. The molecule has 4 heteroatoms. The fraction of sp³-hybridized carbons (Fsp3) is 0.868. The number of aliphatic hydroxyl groups is 2. The lowest BCUT2D eigenvalue weighted by Crippen LogP contribution is -2.45. The Morgan fingerprint density at radius 3 is 1.02 bits per heavy atom. The Morgan fingerprint density at radius 2 is 0.684 bits per heavy atom. The van der Waals surface area contributed by atoms with Gasteiger partial charge in [0.05, 0.1) is 18.8 Å². The summed E-state index contributed by atoms with van der Waals surface area (Å²) in [6.07, 6.45) is 65.7. The summed E-state index contributed by atoms with van der Waals surface area (Å²) in [6.45, 7) is 4.32. The van der Waals surface area contributed by atoms with Gasteiger partial charge in [0.2, 0.25) is 5.91 Å². The van der Waals surface area contributed by atoms with Crippen LogP contribution in [-0.2, 0) is 4.79 Å². The first-order valence-corrected chi connectivity index (χ1v) is 25.7. The molecule has 0 heterocycles. The lowest BCUT2D eigenvalue weighted by Gasteiger charge is -2.19. The van der Waals surface area contributed by atoms with Crippen LogP contribution in [0.25, 0.3) is 0 Å². The predicted octanol–water partition coefficient (Wildman–Crippen LogP) is 16.5. The van der Waals surface area contributed by atoms with Crippen molar-refractivity contribution in [3.8, 4) is 0 Å². The van der Waals surface area contributed by atoms with Crippen molar-refractivity contribution in [1.82, 2.24) is 5.32 Å². The summed E-state index contributed by atoms with van der Waals surface area (Å²) in [5.41, 5.74) is 0. The van der Waals surface area contributed by atoms with Crippen molar-refractivity contribution >= 4 is 5.91 Å². The Hall–Kier alpha value is -1.39. The highest BCUT2D eigenvalue weighted by Gasteiger charge is 2.17. The lowest BCUT2D eigenvalue weighted by atomic mass is 10.0. The van der Waals surface area contributed by atoms with Gasteiger partial charge in [0.1, 0.15) is 0 Å². The summed E-state index contributed by atoms with van der Waals surface area (Å²) >= 11 is 0. The van der Waals surface area contributed by atoms with Crippen molar-refractivity contribution in [2.24, 2.45) is 0 Å². The van der Waals surface area contributed by atoms with Crippen LogP contribution in [0.4, 0.5) is 0 Å². The smallest absolute Gasteiger partial charge is 0.220 e. The Morgan fingerprint density at radius 1 is 0.404 bits per heavy atom. The minimum Gasteiger partial charge on any atom is -0.394 e. The highest BCUT2D eigenvalue weighted by molar-refractivity contribution is 5.76. The van der Waals surface area contributed by atoms with Gasteiger partial charge in [0, 0.05) is 6.42 Å². The number of hydrogen-bond donors (Lipinski definition) is 3. The van der Waals surface area contributed by atoms with Crippen molar-refractivity contribution in [3.05, 3.63) is 36.5 Å². The molecule has 0 saturated carbocycles. The average molecular weight is 800 g/mol. The van der Waals surface area contributed by atoms with Crippen LogP contribution in [0.5, 0.6) is 0 Å². The molecule has 0 fully saturated rings. The standard InChI is InChI=1S/C53H101NO3/c1-3-5-7-9-11-13-15-17-19-21-23-24-25-26-27-28-29-30-31-32-34-36-38-40-42-44-46-48-52(56)51(50-55)54-53(57)49-47-45-43-41-39-37-35-33-22-20-18-16-14-12-10-8-6-4-2/h20,22,38,40,46,48,51-52,55-56H,3-19,21,23-37,39,41-45,47,49-50H2,1-2H3,(H,54,57)/b22-20-,40-38+,48-46+. The molecule has 0 rings (SSSR count). The van der Waals surface area contributed by atoms with Crippen molar-refractivity contribution in [1.29, 1.82) is 0 Å². The van der Waals surface area contributed by atoms with Gasteiger partial charge in [-0.05, 0) is 57.8 Å². The molecule has 0 spiro atoms. The largest absolute Gasteiger partial charge is 0.394 e. The van der Waals surface area contributed by atoms with E-state index in [1.54, 1.807) is 6.08 Å². The molecule has 2 unspecified atom stereocenters. The van der Waals surface area contributed by atoms with Crippen LogP contribution in [0.1, 0.15) is 277 Å². The number of rotatable bonds is 47. The maximum Gasteiger partial charge on any atom is 0.220 e. The van der Waals surface area contributed by atoms with Gasteiger partial charge in [-0.15, -0.1) is 0 Å². The van der Waals surface area contributed by atoms with Gasteiger partial charge in [0.25, 0.3) is 0 Å². The first-order chi connectivity index (χ1) is 28.2. The van der Waals surface area contributed by atoms with Gasteiger partial charge in [-0.2, -0.15) is 0 Å². The SMILES string of the molecule is CCCCCCCCC/C=C\CCCCCCCCCC(=O)NC(CO)C(O)/C=C/CC/C=C/CCCCCCCCCCCCCCCCCCCCCCC. The summed E-state index contributed by atoms with van der Waals surface area (Å²) in [7, 11) is 0. The van der Waals surface area contributed by atoms with Crippen molar-refractivity contribution in [2.75, 3.05) is 6.61 Å². The van der Waals surface area contributed by atoms with Gasteiger partial charge in [-0.1, -0.05) is 249 Å². The zero-order valence-electron chi connectivity index (χ0n) is 38.6. The predicted molar refractivity (Wildman–Crippen MR) is 253 cm³/mol. The van der Waals surface area contributed by atoms with Gasteiger partial charge >= 0.3 is 0 Å². The fourth-order valence-corrected chi connectivity index (χ4v) is 7.90. The van der Waals surface area contributed by atoms with Crippen LogP contribution in [0.2, 0.25) is 0 Å². The topological polar surface area (TPSA) is 69.6 Å². The van der Waals surface area contributed by atoms with Gasteiger partial charge in [0.15, 0.2) is 0 Å². The summed E-state index contributed by atoms with van der Waals surface area (Å²) in [4.78, 5) is 12.4. The first-order valence-electron chi connectivity index (χ1n) is 25.7. The second-order valence-electron chi connectivity index (χ2n) is 17.6. The summed E-state index contributed by atoms with van der Waals surface area (Å²) < 4.78 is 0. The molecule has 0 aliphatic heterocycles. The Balaban J connectivity index is 3.54. The number of hydrogen-bond acceptors (Lipinski definition) is 3. The van der Waals surface area contributed by atoms with E-state index >= 15 is 0 Å². The molecule has 0 saturated heterocycles. The molecule has 0 bridgehead atoms. The second-order valence-corrected chi connectivity index (χ2v) is 17.6. The van der Waals surface area contributed by atoms with E-state index < -0.39 is 12.1 Å². The Labute approximate surface area is 357 Å². The highest BCUT2D eigenvalue weighted by Crippen LogP contribution is 2.16. The Bertz CT molecular complexity index is 866. The van der Waals surface area contributed by atoms with E-state index in [2.05, 4.69) is 43.5 Å². The molecule has 3 N–H and O–H groups in total. The third-order valence-corrected chi connectivity index (χ3v) is 11.8. The molecule has 2 atom stereocenters.